The van der Waals surface area contributed by atoms with Gasteiger partial charge in [0.25, 0.3) is 0 Å². The van der Waals surface area contributed by atoms with Gasteiger partial charge in [-0.2, -0.15) is 0 Å². The maximum atomic E-state index is 5.66. The van der Waals surface area contributed by atoms with Crippen molar-refractivity contribution in [3.05, 3.63) is 11.8 Å². The van der Waals surface area contributed by atoms with Crippen molar-refractivity contribution in [3.63, 3.8) is 0 Å². The minimum absolute atomic E-state index is 0.471. The van der Waals surface area contributed by atoms with Gasteiger partial charge in [-0.25, -0.2) is 0 Å². The van der Waals surface area contributed by atoms with E-state index in [1.165, 1.54) is 0 Å². The molecule has 1 heterocycles. The van der Waals surface area contributed by atoms with Crippen LogP contribution in [0, 0.1) is 0 Å². The lowest BCUT2D eigenvalue weighted by atomic mass is 10.0. The Kier molecular flexibility index (Phi) is 5.75. The highest BCUT2D eigenvalue weighted by molar-refractivity contribution is 4.95. The van der Waals surface area contributed by atoms with Crippen molar-refractivity contribution in [1.29, 1.82) is 0 Å². The van der Waals surface area contributed by atoms with Crippen LogP contribution in [0.15, 0.2) is 4.42 Å². The lowest BCUT2D eigenvalue weighted by Gasteiger charge is -2.21. The third kappa shape index (κ3) is 4.07. The maximum absolute atomic E-state index is 5.66. The van der Waals surface area contributed by atoms with Gasteiger partial charge in [-0.15, -0.1) is 10.2 Å². The van der Waals surface area contributed by atoms with Gasteiger partial charge in [0.2, 0.25) is 11.8 Å². The molecule has 1 aromatic rings. The van der Waals surface area contributed by atoms with Gasteiger partial charge in [0.15, 0.2) is 0 Å². The molecule has 18 heavy (non-hydrogen) atoms. The highest BCUT2D eigenvalue weighted by Crippen LogP contribution is 2.26. The molecule has 0 aliphatic carbocycles. The molecule has 1 unspecified atom stereocenters. The zero-order chi connectivity index (χ0) is 13.6. The quantitative estimate of drug-likeness (QED) is 0.722. The SMILES string of the molecule is CCC(C)(OC)c1nnc(CCCNC(C)C)o1. The van der Waals surface area contributed by atoms with E-state index in [4.69, 9.17) is 9.15 Å². The van der Waals surface area contributed by atoms with E-state index in [0.29, 0.717) is 17.8 Å². The first-order chi connectivity index (χ1) is 8.51. The molecule has 0 amide bonds. The van der Waals surface area contributed by atoms with E-state index in [1.54, 1.807) is 7.11 Å². The summed E-state index contributed by atoms with van der Waals surface area (Å²) in [6.07, 6.45) is 2.60. The summed E-state index contributed by atoms with van der Waals surface area (Å²) in [6, 6.07) is 0.514. The summed E-state index contributed by atoms with van der Waals surface area (Å²) in [5.74, 6) is 1.26. The van der Waals surface area contributed by atoms with Gasteiger partial charge < -0.3 is 14.5 Å². The fourth-order valence-corrected chi connectivity index (χ4v) is 1.58. The fraction of sp³-hybridized carbons (Fsp3) is 0.846. The Morgan fingerprint density at radius 1 is 1.39 bits per heavy atom. The highest BCUT2D eigenvalue weighted by atomic mass is 16.5. The van der Waals surface area contributed by atoms with E-state index in [1.807, 2.05) is 13.8 Å². The fourth-order valence-electron chi connectivity index (χ4n) is 1.58. The first kappa shape index (κ1) is 15.1. The van der Waals surface area contributed by atoms with Gasteiger partial charge in [0.05, 0.1) is 0 Å². The molecule has 0 saturated heterocycles. The van der Waals surface area contributed by atoms with Crippen molar-refractivity contribution in [2.24, 2.45) is 0 Å². The van der Waals surface area contributed by atoms with Gasteiger partial charge >= 0.3 is 0 Å². The molecule has 0 aliphatic heterocycles. The molecule has 5 heteroatoms. The van der Waals surface area contributed by atoms with E-state index < -0.39 is 5.60 Å². The zero-order valence-corrected chi connectivity index (χ0v) is 12.1. The smallest absolute Gasteiger partial charge is 0.247 e. The van der Waals surface area contributed by atoms with Crippen LogP contribution in [0.25, 0.3) is 0 Å². The summed E-state index contributed by atoms with van der Waals surface area (Å²) < 4.78 is 11.1. The molecular formula is C13H25N3O2. The van der Waals surface area contributed by atoms with E-state index in [0.717, 1.165) is 25.8 Å². The minimum Gasteiger partial charge on any atom is -0.422 e. The number of nitrogens with one attached hydrogen (secondary N) is 1. The van der Waals surface area contributed by atoms with Crippen molar-refractivity contribution < 1.29 is 9.15 Å². The van der Waals surface area contributed by atoms with Crippen molar-refractivity contribution in [2.75, 3.05) is 13.7 Å². The first-order valence-electron chi connectivity index (χ1n) is 6.63. The summed E-state index contributed by atoms with van der Waals surface area (Å²) in [6.45, 7) is 9.24. The topological polar surface area (TPSA) is 60.2 Å². The number of nitrogens with zero attached hydrogens (tertiary/aromatic N) is 2. The van der Waals surface area contributed by atoms with Crippen LogP contribution in [0.2, 0.25) is 0 Å². The van der Waals surface area contributed by atoms with Crippen LogP contribution < -0.4 is 5.32 Å². The van der Waals surface area contributed by atoms with E-state index in [9.17, 15) is 0 Å². The highest BCUT2D eigenvalue weighted by Gasteiger charge is 2.30. The lowest BCUT2D eigenvalue weighted by molar-refractivity contribution is -0.0242. The van der Waals surface area contributed by atoms with Crippen molar-refractivity contribution in [3.8, 4) is 0 Å². The third-order valence-electron chi connectivity index (χ3n) is 3.16. The monoisotopic (exact) mass is 255 g/mol. The van der Waals surface area contributed by atoms with Gasteiger partial charge in [0.1, 0.15) is 5.60 Å². The van der Waals surface area contributed by atoms with Gasteiger partial charge in [-0.3, -0.25) is 0 Å². The van der Waals surface area contributed by atoms with E-state index in [2.05, 4.69) is 29.4 Å². The summed E-state index contributed by atoms with van der Waals surface area (Å²) in [4.78, 5) is 0. The molecule has 1 rings (SSSR count). The Morgan fingerprint density at radius 2 is 2.11 bits per heavy atom. The van der Waals surface area contributed by atoms with Crippen molar-refractivity contribution >= 4 is 0 Å². The molecule has 1 N–H and O–H groups in total. The molecule has 1 aromatic heterocycles. The number of ether oxygens (including phenoxy) is 1. The van der Waals surface area contributed by atoms with Crippen LogP contribution in [-0.2, 0) is 16.8 Å². The Bertz CT molecular complexity index is 346. The Labute approximate surface area is 109 Å². The van der Waals surface area contributed by atoms with Crippen molar-refractivity contribution in [1.82, 2.24) is 15.5 Å². The van der Waals surface area contributed by atoms with Crippen LogP contribution >= 0.6 is 0 Å². The Balaban J connectivity index is 2.48. The standard InChI is InChI=1S/C13H25N3O2/c1-6-13(4,17-5)12-16-15-11(18-12)8-7-9-14-10(2)3/h10,14H,6-9H2,1-5H3. The maximum Gasteiger partial charge on any atom is 0.247 e. The molecule has 0 aliphatic rings. The van der Waals surface area contributed by atoms with Gasteiger partial charge in [-0.1, -0.05) is 20.8 Å². The zero-order valence-electron chi connectivity index (χ0n) is 12.1. The van der Waals surface area contributed by atoms with Crippen LogP contribution in [0.1, 0.15) is 52.3 Å². The summed E-state index contributed by atoms with van der Waals surface area (Å²) in [5, 5.41) is 11.5. The van der Waals surface area contributed by atoms with Crippen LogP contribution in [0.3, 0.4) is 0 Å². The predicted molar refractivity (Wildman–Crippen MR) is 70.4 cm³/mol. The number of aryl methyl sites for hydroxylation is 1. The third-order valence-corrected chi connectivity index (χ3v) is 3.16. The second-order valence-corrected chi connectivity index (χ2v) is 5.00. The molecule has 0 spiro atoms. The van der Waals surface area contributed by atoms with Crippen LogP contribution in [0.4, 0.5) is 0 Å². The molecule has 0 saturated carbocycles. The second kappa shape index (κ2) is 6.85. The Hall–Kier alpha value is -0.940. The number of hydrogen-bond donors (Lipinski definition) is 1. The minimum atomic E-state index is -0.471. The molecule has 1 atom stereocenters. The molecule has 0 radical (unpaired) electrons. The first-order valence-corrected chi connectivity index (χ1v) is 6.63. The Morgan fingerprint density at radius 3 is 2.67 bits per heavy atom. The van der Waals surface area contributed by atoms with Gasteiger partial charge in [-0.05, 0) is 26.3 Å². The molecular weight excluding hydrogens is 230 g/mol. The molecule has 0 fully saturated rings. The molecule has 0 aromatic carbocycles. The average molecular weight is 255 g/mol. The lowest BCUT2D eigenvalue weighted by Crippen LogP contribution is -2.24. The van der Waals surface area contributed by atoms with Crippen LogP contribution in [-0.4, -0.2) is 29.9 Å². The van der Waals surface area contributed by atoms with E-state index in [-0.39, 0.29) is 0 Å². The number of hydrogen-bond acceptors (Lipinski definition) is 5. The summed E-state index contributed by atoms with van der Waals surface area (Å²) >= 11 is 0. The van der Waals surface area contributed by atoms with Crippen molar-refractivity contribution in [2.45, 2.75) is 58.6 Å². The molecule has 5 nitrogen and oxygen atoms in total. The second-order valence-electron chi connectivity index (χ2n) is 5.00. The predicted octanol–water partition coefficient (Wildman–Crippen LogP) is 2.27. The largest absolute Gasteiger partial charge is 0.422 e. The van der Waals surface area contributed by atoms with E-state index >= 15 is 0 Å². The van der Waals surface area contributed by atoms with Crippen LogP contribution in [0.5, 0.6) is 0 Å². The summed E-state index contributed by atoms with van der Waals surface area (Å²) in [7, 11) is 1.67. The normalized spacial score (nSPS) is 15.0. The number of rotatable bonds is 8. The molecule has 104 valence electrons. The number of aromatic nitrogens is 2. The van der Waals surface area contributed by atoms with Gasteiger partial charge in [0, 0.05) is 19.6 Å². The average Bonchev–Trinajstić information content (AvgIpc) is 2.83. The molecule has 0 bridgehead atoms. The summed E-state index contributed by atoms with van der Waals surface area (Å²) in [5.41, 5.74) is -0.471. The number of methoxy groups -OCH3 is 1.